The molecule has 1 atom stereocenters. The lowest BCUT2D eigenvalue weighted by Gasteiger charge is -2.22. The second kappa shape index (κ2) is 6.20. The Hall–Kier alpha value is -1.35. The van der Waals surface area contributed by atoms with Crippen molar-refractivity contribution in [1.82, 2.24) is 5.32 Å². The Labute approximate surface area is 115 Å². The minimum Gasteiger partial charge on any atom is -0.349 e. The van der Waals surface area contributed by atoms with E-state index in [0.29, 0.717) is 12.5 Å². The lowest BCUT2D eigenvalue weighted by atomic mass is 10.00. The fraction of sp³-hybridized carbons (Fsp3) is 0.562. The predicted octanol–water partition coefficient (Wildman–Crippen LogP) is 2.28. The van der Waals surface area contributed by atoms with Gasteiger partial charge < -0.3 is 11.1 Å². The highest BCUT2D eigenvalue weighted by Crippen LogP contribution is 2.23. The molecule has 0 saturated heterocycles. The zero-order valence-corrected chi connectivity index (χ0v) is 11.9. The first kappa shape index (κ1) is 14.1. The average molecular weight is 260 g/mol. The van der Waals surface area contributed by atoms with Gasteiger partial charge in [0.25, 0.3) is 5.91 Å². The van der Waals surface area contributed by atoms with E-state index in [1.54, 1.807) is 0 Å². The van der Waals surface area contributed by atoms with E-state index >= 15 is 0 Å². The molecule has 1 amide bonds. The van der Waals surface area contributed by atoms with Crippen LogP contribution < -0.4 is 11.1 Å². The van der Waals surface area contributed by atoms with Crippen LogP contribution in [-0.2, 0) is 12.8 Å². The molecule has 1 unspecified atom stereocenters. The smallest absolute Gasteiger partial charge is 0.251 e. The number of amides is 1. The Kier molecular flexibility index (Phi) is 4.59. The fourth-order valence-corrected chi connectivity index (χ4v) is 2.72. The van der Waals surface area contributed by atoms with Crippen LogP contribution in [-0.4, -0.2) is 18.5 Å². The summed E-state index contributed by atoms with van der Waals surface area (Å²) in [5, 5.41) is 3.11. The molecule has 0 heterocycles. The van der Waals surface area contributed by atoms with Gasteiger partial charge in [-0.25, -0.2) is 0 Å². The number of hydrogen-bond donors (Lipinski definition) is 2. The van der Waals surface area contributed by atoms with Crippen molar-refractivity contribution in [2.75, 3.05) is 6.54 Å². The third-order valence-electron chi connectivity index (χ3n) is 3.96. The molecule has 1 aromatic carbocycles. The van der Waals surface area contributed by atoms with Crippen molar-refractivity contribution in [2.24, 2.45) is 11.7 Å². The van der Waals surface area contributed by atoms with Gasteiger partial charge in [-0.3, -0.25) is 4.79 Å². The SMILES string of the molecule is CC(C)C(CCN)NC(=O)c1ccc2c(c1)CCC2. The summed E-state index contributed by atoms with van der Waals surface area (Å²) >= 11 is 0. The number of rotatable bonds is 5. The molecule has 0 bridgehead atoms. The number of benzene rings is 1. The van der Waals surface area contributed by atoms with Crippen LogP contribution in [0.2, 0.25) is 0 Å². The second-order valence-corrected chi connectivity index (χ2v) is 5.74. The van der Waals surface area contributed by atoms with Gasteiger partial charge in [0.1, 0.15) is 0 Å². The lowest BCUT2D eigenvalue weighted by Crippen LogP contribution is -2.39. The lowest BCUT2D eigenvalue weighted by molar-refractivity contribution is 0.0924. The van der Waals surface area contributed by atoms with Crippen molar-refractivity contribution in [2.45, 2.75) is 45.6 Å². The molecule has 1 aliphatic rings. The molecular formula is C16H24N2O. The molecule has 2 rings (SSSR count). The van der Waals surface area contributed by atoms with Crippen molar-refractivity contribution in [3.63, 3.8) is 0 Å². The van der Waals surface area contributed by atoms with Crippen molar-refractivity contribution >= 4 is 5.91 Å². The van der Waals surface area contributed by atoms with E-state index in [0.717, 1.165) is 24.8 Å². The van der Waals surface area contributed by atoms with Crippen LogP contribution >= 0.6 is 0 Å². The summed E-state index contributed by atoms with van der Waals surface area (Å²) in [6, 6.07) is 6.26. The van der Waals surface area contributed by atoms with Crippen LogP contribution in [0.4, 0.5) is 0 Å². The number of carbonyl (C=O) groups is 1. The van der Waals surface area contributed by atoms with Gasteiger partial charge in [-0.1, -0.05) is 19.9 Å². The van der Waals surface area contributed by atoms with E-state index in [1.807, 2.05) is 6.07 Å². The summed E-state index contributed by atoms with van der Waals surface area (Å²) in [4.78, 5) is 12.3. The van der Waals surface area contributed by atoms with Gasteiger partial charge in [0.05, 0.1) is 0 Å². The van der Waals surface area contributed by atoms with Gasteiger partial charge in [-0.05, 0) is 61.4 Å². The van der Waals surface area contributed by atoms with Crippen molar-refractivity contribution in [3.8, 4) is 0 Å². The molecule has 0 spiro atoms. The number of carbonyl (C=O) groups excluding carboxylic acids is 1. The number of nitrogens with two attached hydrogens (primary N) is 1. The molecule has 1 aliphatic carbocycles. The highest BCUT2D eigenvalue weighted by atomic mass is 16.1. The third kappa shape index (κ3) is 3.35. The Morgan fingerprint density at radius 3 is 2.74 bits per heavy atom. The summed E-state index contributed by atoms with van der Waals surface area (Å²) in [5.41, 5.74) is 9.13. The molecule has 0 radical (unpaired) electrons. The highest BCUT2D eigenvalue weighted by molar-refractivity contribution is 5.94. The van der Waals surface area contributed by atoms with Crippen molar-refractivity contribution < 1.29 is 4.79 Å². The van der Waals surface area contributed by atoms with Gasteiger partial charge in [0.15, 0.2) is 0 Å². The van der Waals surface area contributed by atoms with Crippen molar-refractivity contribution in [1.29, 1.82) is 0 Å². The predicted molar refractivity (Wildman–Crippen MR) is 78.2 cm³/mol. The summed E-state index contributed by atoms with van der Waals surface area (Å²) < 4.78 is 0. The number of fused-ring (bicyclic) bond motifs is 1. The zero-order valence-electron chi connectivity index (χ0n) is 11.9. The topological polar surface area (TPSA) is 55.1 Å². The maximum absolute atomic E-state index is 12.3. The molecule has 104 valence electrons. The standard InChI is InChI=1S/C16H24N2O/c1-11(2)15(8-9-17)18-16(19)14-7-6-12-4-3-5-13(12)10-14/h6-7,10-11,15H,3-5,8-9,17H2,1-2H3,(H,18,19). The first-order valence-electron chi connectivity index (χ1n) is 7.24. The molecule has 1 aromatic rings. The van der Waals surface area contributed by atoms with Crippen LogP contribution in [0.25, 0.3) is 0 Å². The monoisotopic (exact) mass is 260 g/mol. The van der Waals surface area contributed by atoms with Gasteiger partial charge >= 0.3 is 0 Å². The summed E-state index contributed by atoms with van der Waals surface area (Å²) in [7, 11) is 0. The normalized spacial score (nSPS) is 15.4. The van der Waals surface area contributed by atoms with Gasteiger partial charge in [-0.2, -0.15) is 0 Å². The fourth-order valence-electron chi connectivity index (χ4n) is 2.72. The molecule has 0 aliphatic heterocycles. The quantitative estimate of drug-likeness (QED) is 0.853. The number of nitrogens with one attached hydrogen (secondary N) is 1. The van der Waals surface area contributed by atoms with E-state index in [-0.39, 0.29) is 11.9 Å². The zero-order chi connectivity index (χ0) is 13.8. The molecule has 3 N–H and O–H groups in total. The van der Waals surface area contributed by atoms with Crippen LogP contribution in [0.15, 0.2) is 18.2 Å². The molecule has 3 nitrogen and oxygen atoms in total. The first-order chi connectivity index (χ1) is 9.11. The van der Waals surface area contributed by atoms with E-state index in [2.05, 4.69) is 31.3 Å². The summed E-state index contributed by atoms with van der Waals surface area (Å²) in [5.74, 6) is 0.434. The van der Waals surface area contributed by atoms with E-state index in [4.69, 9.17) is 5.73 Å². The highest BCUT2D eigenvalue weighted by Gasteiger charge is 2.18. The molecule has 0 fully saturated rings. The maximum Gasteiger partial charge on any atom is 0.251 e. The van der Waals surface area contributed by atoms with Gasteiger partial charge in [0, 0.05) is 11.6 Å². The Bertz CT molecular complexity index is 454. The average Bonchev–Trinajstić information content (AvgIpc) is 2.85. The van der Waals surface area contributed by atoms with Crippen LogP contribution in [0.3, 0.4) is 0 Å². The Balaban J connectivity index is 2.07. The molecule has 0 aromatic heterocycles. The Morgan fingerprint density at radius 1 is 1.32 bits per heavy atom. The molecule has 19 heavy (non-hydrogen) atoms. The van der Waals surface area contributed by atoms with Gasteiger partial charge in [0.2, 0.25) is 0 Å². The minimum atomic E-state index is 0.0295. The van der Waals surface area contributed by atoms with Gasteiger partial charge in [-0.15, -0.1) is 0 Å². The molecule has 0 saturated carbocycles. The summed E-state index contributed by atoms with van der Waals surface area (Å²) in [6.07, 6.45) is 4.29. The first-order valence-corrected chi connectivity index (χ1v) is 7.24. The van der Waals surface area contributed by atoms with E-state index in [1.165, 1.54) is 17.5 Å². The third-order valence-corrected chi connectivity index (χ3v) is 3.96. The van der Waals surface area contributed by atoms with Crippen molar-refractivity contribution in [3.05, 3.63) is 34.9 Å². The number of hydrogen-bond acceptors (Lipinski definition) is 2. The van der Waals surface area contributed by atoms with E-state index in [9.17, 15) is 4.79 Å². The van der Waals surface area contributed by atoms with Crippen LogP contribution in [0, 0.1) is 5.92 Å². The minimum absolute atomic E-state index is 0.0295. The van der Waals surface area contributed by atoms with Crippen LogP contribution in [0.1, 0.15) is 48.2 Å². The van der Waals surface area contributed by atoms with E-state index < -0.39 is 0 Å². The largest absolute Gasteiger partial charge is 0.349 e. The summed E-state index contributed by atoms with van der Waals surface area (Å²) in [6.45, 7) is 4.83. The second-order valence-electron chi connectivity index (χ2n) is 5.74. The molecular weight excluding hydrogens is 236 g/mol. The maximum atomic E-state index is 12.3. The molecule has 3 heteroatoms. The van der Waals surface area contributed by atoms with Crippen LogP contribution in [0.5, 0.6) is 0 Å². The number of aryl methyl sites for hydroxylation is 2. The Morgan fingerprint density at radius 2 is 2.05 bits per heavy atom.